The van der Waals surface area contributed by atoms with E-state index < -0.39 is 0 Å². The standard InChI is InChI=1S/C22H28N4O2/c27-18-7-5-17(6-8-18)25-11-9-24(10-12-25)14-16-13-21-23-22(28)19-3-1-2-4-20(19)26(21)15-16/h1-4,13,15,17-18,27H,5-12,14H2,(H,23,28). The minimum Gasteiger partial charge on any atom is -0.393 e. The van der Waals surface area contributed by atoms with Crippen molar-refractivity contribution in [2.45, 2.75) is 44.4 Å². The summed E-state index contributed by atoms with van der Waals surface area (Å²) in [6.45, 7) is 5.27. The molecule has 148 valence electrons. The fourth-order valence-electron chi connectivity index (χ4n) is 4.93. The van der Waals surface area contributed by atoms with Gasteiger partial charge in [-0.1, -0.05) is 12.1 Å². The molecule has 6 heteroatoms. The van der Waals surface area contributed by atoms with Gasteiger partial charge in [0.25, 0.3) is 5.56 Å². The first kappa shape index (κ1) is 17.9. The Kier molecular flexibility index (Phi) is 4.70. The highest BCUT2D eigenvalue weighted by molar-refractivity contribution is 5.80. The molecule has 2 N–H and O–H groups in total. The minimum absolute atomic E-state index is 0.0287. The molecule has 0 unspecified atom stereocenters. The molecule has 0 amide bonds. The molecular formula is C22H28N4O2. The number of piperazine rings is 1. The molecule has 28 heavy (non-hydrogen) atoms. The normalized spacial score (nSPS) is 24.9. The summed E-state index contributed by atoms with van der Waals surface area (Å²) < 4.78 is 2.09. The lowest BCUT2D eigenvalue weighted by atomic mass is 9.91. The van der Waals surface area contributed by atoms with E-state index >= 15 is 0 Å². The first-order chi connectivity index (χ1) is 13.7. The highest BCUT2D eigenvalue weighted by Gasteiger charge is 2.27. The van der Waals surface area contributed by atoms with Crippen LogP contribution >= 0.6 is 0 Å². The number of rotatable bonds is 3. The topological polar surface area (TPSA) is 64.0 Å². The van der Waals surface area contributed by atoms with Gasteiger partial charge in [0.2, 0.25) is 0 Å². The third-order valence-corrected chi connectivity index (χ3v) is 6.52. The van der Waals surface area contributed by atoms with E-state index in [2.05, 4.69) is 31.4 Å². The minimum atomic E-state index is -0.0796. The summed E-state index contributed by atoms with van der Waals surface area (Å²) >= 11 is 0. The van der Waals surface area contributed by atoms with Crippen molar-refractivity contribution in [3.63, 3.8) is 0 Å². The van der Waals surface area contributed by atoms with E-state index in [-0.39, 0.29) is 11.7 Å². The third kappa shape index (κ3) is 3.36. The lowest BCUT2D eigenvalue weighted by molar-refractivity contribution is 0.0423. The van der Waals surface area contributed by atoms with Gasteiger partial charge in [-0.15, -0.1) is 0 Å². The predicted octanol–water partition coefficient (Wildman–Crippen LogP) is 2.20. The molecule has 0 spiro atoms. The van der Waals surface area contributed by atoms with Crippen LogP contribution in [0.3, 0.4) is 0 Å². The van der Waals surface area contributed by atoms with Crippen LogP contribution in [0.2, 0.25) is 0 Å². The Labute approximate surface area is 164 Å². The molecule has 1 aromatic carbocycles. The number of aliphatic hydroxyl groups excluding tert-OH is 1. The Bertz CT molecular complexity index is 1020. The Morgan fingerprint density at radius 2 is 1.79 bits per heavy atom. The number of fused-ring (bicyclic) bond motifs is 3. The van der Waals surface area contributed by atoms with Gasteiger partial charge in [-0.05, 0) is 49.4 Å². The van der Waals surface area contributed by atoms with Crippen LogP contribution < -0.4 is 5.56 Å². The van der Waals surface area contributed by atoms with Gasteiger partial charge in [0, 0.05) is 45.0 Å². The van der Waals surface area contributed by atoms with Crippen LogP contribution in [0.15, 0.2) is 41.3 Å². The summed E-state index contributed by atoms with van der Waals surface area (Å²) in [5, 5.41) is 10.4. The summed E-state index contributed by atoms with van der Waals surface area (Å²) in [4.78, 5) is 20.4. The van der Waals surface area contributed by atoms with Gasteiger partial charge in [-0.25, -0.2) is 0 Å². The first-order valence-electron chi connectivity index (χ1n) is 10.4. The number of nitrogens with zero attached hydrogens (tertiary/aromatic N) is 3. The van der Waals surface area contributed by atoms with Gasteiger partial charge >= 0.3 is 0 Å². The smallest absolute Gasteiger partial charge is 0.258 e. The summed E-state index contributed by atoms with van der Waals surface area (Å²) in [7, 11) is 0. The van der Waals surface area contributed by atoms with E-state index in [0.29, 0.717) is 6.04 Å². The second-order valence-electron chi connectivity index (χ2n) is 8.35. The van der Waals surface area contributed by atoms with Crippen LogP contribution in [0.5, 0.6) is 0 Å². The Morgan fingerprint density at radius 3 is 2.57 bits per heavy atom. The quantitative estimate of drug-likeness (QED) is 0.731. The predicted molar refractivity (Wildman–Crippen MR) is 111 cm³/mol. The SMILES string of the molecule is O=c1[nH]c2cc(CN3CCN(C4CCC(O)CC4)CC3)cn2c2ccccc12. The summed E-state index contributed by atoms with van der Waals surface area (Å²) in [6.07, 6.45) is 6.24. The van der Waals surface area contributed by atoms with E-state index in [0.717, 1.165) is 75.0 Å². The Morgan fingerprint density at radius 1 is 1.04 bits per heavy atom. The summed E-state index contributed by atoms with van der Waals surface area (Å²) in [5.74, 6) is 0. The lowest BCUT2D eigenvalue weighted by Gasteiger charge is -2.41. The molecule has 0 radical (unpaired) electrons. The molecule has 3 aromatic rings. The van der Waals surface area contributed by atoms with Crippen LogP contribution in [-0.2, 0) is 6.54 Å². The van der Waals surface area contributed by atoms with E-state index in [1.807, 2.05) is 24.3 Å². The van der Waals surface area contributed by atoms with Gasteiger partial charge in [-0.3, -0.25) is 14.6 Å². The number of hydrogen-bond donors (Lipinski definition) is 2. The highest BCUT2D eigenvalue weighted by Crippen LogP contribution is 2.24. The van der Waals surface area contributed by atoms with Gasteiger partial charge in [0.1, 0.15) is 5.65 Å². The Hall–Kier alpha value is -2.15. The fraction of sp³-hybridized carbons (Fsp3) is 0.500. The molecule has 0 atom stereocenters. The maximum absolute atomic E-state index is 12.3. The Balaban J connectivity index is 1.28. The van der Waals surface area contributed by atoms with Gasteiger partial charge in [-0.2, -0.15) is 0 Å². The zero-order valence-electron chi connectivity index (χ0n) is 16.2. The van der Waals surface area contributed by atoms with Crippen LogP contribution in [0, 0.1) is 0 Å². The van der Waals surface area contributed by atoms with Gasteiger partial charge in [0.15, 0.2) is 0 Å². The second kappa shape index (κ2) is 7.35. The molecule has 6 nitrogen and oxygen atoms in total. The molecule has 1 saturated carbocycles. The monoisotopic (exact) mass is 380 g/mol. The van der Waals surface area contributed by atoms with Crippen molar-refractivity contribution in [2.24, 2.45) is 0 Å². The average Bonchev–Trinajstić information content (AvgIpc) is 3.12. The molecule has 5 rings (SSSR count). The third-order valence-electron chi connectivity index (χ3n) is 6.52. The van der Waals surface area contributed by atoms with Crippen LogP contribution in [0.4, 0.5) is 0 Å². The number of benzene rings is 1. The number of aromatic amines is 1. The van der Waals surface area contributed by atoms with Crippen molar-refractivity contribution in [1.29, 1.82) is 0 Å². The van der Waals surface area contributed by atoms with Gasteiger partial charge < -0.3 is 14.5 Å². The molecule has 2 aliphatic rings. The maximum Gasteiger partial charge on any atom is 0.258 e. The van der Waals surface area contributed by atoms with E-state index in [9.17, 15) is 9.90 Å². The molecule has 1 saturated heterocycles. The average molecular weight is 380 g/mol. The zero-order chi connectivity index (χ0) is 19.1. The summed E-state index contributed by atoms with van der Waals surface area (Å²) in [5.41, 5.74) is 3.02. The van der Waals surface area contributed by atoms with Crippen molar-refractivity contribution >= 4 is 16.6 Å². The molecular weight excluding hydrogens is 352 g/mol. The van der Waals surface area contributed by atoms with Gasteiger partial charge in [0.05, 0.1) is 17.0 Å². The van der Waals surface area contributed by atoms with Crippen molar-refractivity contribution in [1.82, 2.24) is 19.2 Å². The van der Waals surface area contributed by atoms with Crippen LogP contribution in [0.1, 0.15) is 31.2 Å². The number of nitrogens with one attached hydrogen (secondary N) is 1. The summed E-state index contributed by atoms with van der Waals surface area (Å²) in [6, 6.07) is 10.5. The number of H-pyrrole nitrogens is 1. The molecule has 3 heterocycles. The molecule has 1 aliphatic heterocycles. The number of hydrogen-bond acceptors (Lipinski definition) is 4. The second-order valence-corrected chi connectivity index (χ2v) is 8.35. The molecule has 1 aliphatic carbocycles. The maximum atomic E-state index is 12.3. The van der Waals surface area contributed by atoms with Crippen molar-refractivity contribution in [3.05, 3.63) is 52.4 Å². The number of para-hydroxylation sites is 1. The molecule has 2 fully saturated rings. The molecule has 0 bridgehead atoms. The lowest BCUT2D eigenvalue weighted by Crippen LogP contribution is -2.51. The molecule has 2 aromatic heterocycles. The van der Waals surface area contributed by atoms with Crippen molar-refractivity contribution < 1.29 is 5.11 Å². The van der Waals surface area contributed by atoms with Crippen molar-refractivity contribution in [2.75, 3.05) is 26.2 Å². The zero-order valence-corrected chi connectivity index (χ0v) is 16.2. The number of aromatic nitrogens is 2. The fourth-order valence-corrected chi connectivity index (χ4v) is 4.93. The van der Waals surface area contributed by atoms with E-state index in [4.69, 9.17) is 0 Å². The number of aliphatic hydroxyl groups is 1. The van der Waals surface area contributed by atoms with Crippen LogP contribution in [-0.4, -0.2) is 62.6 Å². The first-order valence-corrected chi connectivity index (χ1v) is 10.4. The van der Waals surface area contributed by atoms with Crippen molar-refractivity contribution in [3.8, 4) is 0 Å². The van der Waals surface area contributed by atoms with E-state index in [1.165, 1.54) is 5.56 Å². The largest absolute Gasteiger partial charge is 0.393 e. The van der Waals surface area contributed by atoms with E-state index in [1.54, 1.807) is 0 Å². The van der Waals surface area contributed by atoms with Crippen LogP contribution in [0.25, 0.3) is 16.6 Å². The highest BCUT2D eigenvalue weighted by atomic mass is 16.3.